The Morgan fingerprint density at radius 1 is 1.27 bits per heavy atom. The molecular formula is C15H16N6S. The van der Waals surface area contributed by atoms with Gasteiger partial charge in [-0.2, -0.15) is 4.68 Å². The van der Waals surface area contributed by atoms with Gasteiger partial charge in [0.25, 0.3) is 0 Å². The van der Waals surface area contributed by atoms with E-state index in [1.54, 1.807) is 17.5 Å². The van der Waals surface area contributed by atoms with Gasteiger partial charge in [0.2, 0.25) is 5.13 Å². The summed E-state index contributed by atoms with van der Waals surface area (Å²) in [5, 5.41) is 9.38. The van der Waals surface area contributed by atoms with Gasteiger partial charge >= 0.3 is 0 Å². The van der Waals surface area contributed by atoms with Gasteiger partial charge < -0.3 is 5.73 Å². The molecule has 1 aliphatic rings. The molecule has 3 heterocycles. The average molecular weight is 312 g/mol. The van der Waals surface area contributed by atoms with E-state index in [-0.39, 0.29) is 0 Å². The molecule has 0 radical (unpaired) electrons. The van der Waals surface area contributed by atoms with E-state index in [0.717, 1.165) is 34.9 Å². The zero-order valence-electron chi connectivity index (χ0n) is 12.1. The molecule has 22 heavy (non-hydrogen) atoms. The van der Waals surface area contributed by atoms with Crippen molar-refractivity contribution in [1.29, 1.82) is 0 Å². The Morgan fingerprint density at radius 2 is 2.18 bits per heavy atom. The van der Waals surface area contributed by atoms with E-state index in [1.807, 2.05) is 23.0 Å². The molecular weight excluding hydrogens is 296 g/mol. The van der Waals surface area contributed by atoms with Crippen LogP contribution < -0.4 is 5.73 Å². The van der Waals surface area contributed by atoms with Gasteiger partial charge in [0.15, 0.2) is 0 Å². The van der Waals surface area contributed by atoms with E-state index in [0.29, 0.717) is 6.54 Å². The maximum absolute atomic E-state index is 5.82. The molecule has 2 N–H and O–H groups in total. The maximum atomic E-state index is 5.82. The number of nitrogens with two attached hydrogens (primary N) is 1. The zero-order chi connectivity index (χ0) is 14.9. The van der Waals surface area contributed by atoms with Crippen molar-refractivity contribution in [3.05, 3.63) is 40.8 Å². The Morgan fingerprint density at radius 3 is 2.95 bits per heavy atom. The van der Waals surface area contributed by atoms with Crippen LogP contribution in [0.5, 0.6) is 0 Å². The van der Waals surface area contributed by atoms with Crippen LogP contribution in [0.1, 0.15) is 29.1 Å². The number of fused-ring (bicyclic) bond motifs is 1. The molecule has 1 aliphatic carbocycles. The van der Waals surface area contributed by atoms with Crippen molar-refractivity contribution in [1.82, 2.24) is 25.0 Å². The minimum Gasteiger partial charge on any atom is -0.325 e. The van der Waals surface area contributed by atoms with Crippen LogP contribution in [-0.4, -0.2) is 25.0 Å². The van der Waals surface area contributed by atoms with Crippen molar-refractivity contribution in [3.8, 4) is 16.4 Å². The molecule has 0 atom stereocenters. The molecule has 0 saturated heterocycles. The zero-order valence-corrected chi connectivity index (χ0v) is 12.9. The molecule has 0 amide bonds. The van der Waals surface area contributed by atoms with Crippen molar-refractivity contribution in [2.24, 2.45) is 5.73 Å². The molecule has 112 valence electrons. The summed E-state index contributed by atoms with van der Waals surface area (Å²) in [6, 6.07) is 3.90. The van der Waals surface area contributed by atoms with Gasteiger partial charge in [-0.15, -0.1) is 5.10 Å². The third-order valence-electron chi connectivity index (χ3n) is 3.88. The topological polar surface area (TPSA) is 82.5 Å². The fourth-order valence-electron chi connectivity index (χ4n) is 2.81. The highest BCUT2D eigenvalue weighted by Gasteiger charge is 2.21. The van der Waals surface area contributed by atoms with Gasteiger partial charge in [0.05, 0.1) is 5.69 Å². The summed E-state index contributed by atoms with van der Waals surface area (Å²) in [6.07, 6.45) is 8.20. The first-order valence-electron chi connectivity index (χ1n) is 7.41. The van der Waals surface area contributed by atoms with Crippen molar-refractivity contribution < 1.29 is 0 Å². The smallest absolute Gasteiger partial charge is 0.212 e. The van der Waals surface area contributed by atoms with E-state index in [4.69, 9.17) is 10.7 Å². The third-order valence-corrected chi connectivity index (χ3v) is 5.02. The summed E-state index contributed by atoms with van der Waals surface area (Å²) in [5.41, 5.74) is 9.65. The number of rotatable bonds is 3. The number of aryl methyl sites for hydroxylation is 2. The van der Waals surface area contributed by atoms with E-state index in [2.05, 4.69) is 15.3 Å². The van der Waals surface area contributed by atoms with Crippen LogP contribution in [0, 0.1) is 0 Å². The standard InChI is InChI=1S/C15H16N6S/c16-8-12-14(10-4-3-7-17-9-10)21(20-19-12)15-18-11-5-1-2-6-13(11)22-15/h3-4,7,9H,1-2,5-6,8,16H2. The number of pyridine rings is 1. The first kappa shape index (κ1) is 13.5. The lowest BCUT2D eigenvalue weighted by Crippen LogP contribution is -2.03. The fraction of sp³-hybridized carbons (Fsp3) is 0.333. The maximum Gasteiger partial charge on any atom is 0.212 e. The van der Waals surface area contributed by atoms with E-state index in [9.17, 15) is 0 Å². The van der Waals surface area contributed by atoms with Crippen LogP contribution in [0.4, 0.5) is 0 Å². The molecule has 3 aromatic heterocycles. The lowest BCUT2D eigenvalue weighted by Gasteiger charge is -2.06. The lowest BCUT2D eigenvalue weighted by atomic mass is 10.0. The SMILES string of the molecule is NCc1nnn(-c2nc3c(s2)CCCC3)c1-c1cccnc1. The first-order chi connectivity index (χ1) is 10.9. The summed E-state index contributed by atoms with van der Waals surface area (Å²) in [6.45, 7) is 0.343. The van der Waals surface area contributed by atoms with Gasteiger partial charge in [-0.25, -0.2) is 4.98 Å². The van der Waals surface area contributed by atoms with Gasteiger partial charge in [-0.3, -0.25) is 4.98 Å². The second kappa shape index (κ2) is 5.58. The van der Waals surface area contributed by atoms with Crippen molar-refractivity contribution in [3.63, 3.8) is 0 Å². The highest BCUT2D eigenvalue weighted by atomic mass is 32.1. The first-order valence-corrected chi connectivity index (χ1v) is 8.22. The molecule has 0 saturated carbocycles. The Kier molecular flexibility index (Phi) is 3.44. The number of aromatic nitrogens is 5. The van der Waals surface area contributed by atoms with Crippen LogP contribution in [-0.2, 0) is 19.4 Å². The molecule has 0 fully saturated rings. The molecule has 0 spiro atoms. The van der Waals surface area contributed by atoms with Crippen LogP contribution in [0.3, 0.4) is 0 Å². The Labute approximate surface area is 132 Å². The van der Waals surface area contributed by atoms with Gasteiger partial charge in [0, 0.05) is 29.4 Å². The second-order valence-electron chi connectivity index (χ2n) is 5.32. The predicted octanol–water partition coefficient (Wildman–Crippen LogP) is 2.12. The summed E-state index contributed by atoms with van der Waals surface area (Å²) >= 11 is 1.71. The lowest BCUT2D eigenvalue weighted by molar-refractivity contribution is 0.679. The molecule has 6 nitrogen and oxygen atoms in total. The molecule has 4 rings (SSSR count). The fourth-order valence-corrected chi connectivity index (χ4v) is 3.91. The quantitative estimate of drug-likeness (QED) is 0.801. The Balaban J connectivity index is 1.85. The highest BCUT2D eigenvalue weighted by molar-refractivity contribution is 7.14. The van der Waals surface area contributed by atoms with Gasteiger partial charge in [-0.1, -0.05) is 16.6 Å². The summed E-state index contributed by atoms with van der Waals surface area (Å²) in [7, 11) is 0. The van der Waals surface area contributed by atoms with Crippen molar-refractivity contribution in [2.75, 3.05) is 0 Å². The monoisotopic (exact) mass is 312 g/mol. The van der Waals surface area contributed by atoms with Crippen LogP contribution >= 0.6 is 11.3 Å². The van der Waals surface area contributed by atoms with Crippen molar-refractivity contribution in [2.45, 2.75) is 32.2 Å². The second-order valence-corrected chi connectivity index (χ2v) is 6.38. The van der Waals surface area contributed by atoms with Crippen LogP contribution in [0.15, 0.2) is 24.5 Å². The summed E-state index contributed by atoms with van der Waals surface area (Å²) in [5.74, 6) is 0. The largest absolute Gasteiger partial charge is 0.325 e. The van der Waals surface area contributed by atoms with E-state index < -0.39 is 0 Å². The highest BCUT2D eigenvalue weighted by Crippen LogP contribution is 2.31. The van der Waals surface area contributed by atoms with Crippen LogP contribution in [0.25, 0.3) is 16.4 Å². The number of hydrogen-bond acceptors (Lipinski definition) is 6. The van der Waals surface area contributed by atoms with Crippen molar-refractivity contribution >= 4 is 11.3 Å². The van der Waals surface area contributed by atoms with E-state index in [1.165, 1.54) is 23.4 Å². The Bertz CT molecular complexity index is 768. The summed E-state index contributed by atoms with van der Waals surface area (Å²) < 4.78 is 1.81. The molecule has 3 aromatic rings. The van der Waals surface area contributed by atoms with Gasteiger partial charge in [0.1, 0.15) is 11.4 Å². The Hall–Kier alpha value is -2.12. The average Bonchev–Trinajstić information content (AvgIpc) is 3.18. The number of nitrogens with zero attached hydrogens (tertiary/aromatic N) is 5. The van der Waals surface area contributed by atoms with Gasteiger partial charge in [-0.05, 0) is 37.8 Å². The normalized spacial score (nSPS) is 14.0. The summed E-state index contributed by atoms with van der Waals surface area (Å²) in [4.78, 5) is 10.3. The number of thiazole rings is 1. The molecule has 0 aromatic carbocycles. The third kappa shape index (κ3) is 2.22. The molecule has 0 unspecified atom stereocenters. The predicted molar refractivity (Wildman–Crippen MR) is 84.8 cm³/mol. The van der Waals surface area contributed by atoms with E-state index >= 15 is 0 Å². The molecule has 7 heteroatoms. The molecule has 0 aliphatic heterocycles. The minimum absolute atomic E-state index is 0.343. The molecule has 0 bridgehead atoms. The van der Waals surface area contributed by atoms with Crippen LogP contribution in [0.2, 0.25) is 0 Å². The number of hydrogen-bond donors (Lipinski definition) is 1. The minimum atomic E-state index is 0.343.